The van der Waals surface area contributed by atoms with Gasteiger partial charge < -0.3 is 30.3 Å². The second-order valence-corrected chi connectivity index (χ2v) is 8.26. The molecule has 0 rings (SSSR count). The Morgan fingerprint density at radius 3 is 2.03 bits per heavy atom. The topological polar surface area (TPSA) is 116 Å². The Balaban J connectivity index is 5.41. The zero-order valence-electron chi connectivity index (χ0n) is 19.8. The number of rotatable bonds is 15. The number of primary amides is 1. The third-order valence-electron chi connectivity index (χ3n) is 5.17. The van der Waals surface area contributed by atoms with Gasteiger partial charge in [-0.25, -0.2) is 0 Å². The smallest absolute Gasteiger partial charge is 0.248 e. The number of amides is 3. The van der Waals surface area contributed by atoms with Gasteiger partial charge in [0.1, 0.15) is 12.1 Å². The lowest BCUT2D eigenvalue weighted by Crippen LogP contribution is -2.56. The molecule has 30 heavy (non-hydrogen) atoms. The highest BCUT2D eigenvalue weighted by Gasteiger charge is 2.36. The normalized spacial score (nSPS) is 13.8. The van der Waals surface area contributed by atoms with E-state index in [2.05, 4.69) is 18.7 Å². The average molecular weight is 431 g/mol. The number of nitrogens with two attached hydrogens (primary N) is 1. The maximum Gasteiger partial charge on any atom is 0.248 e. The third-order valence-corrected chi connectivity index (χ3v) is 5.17. The van der Waals surface area contributed by atoms with Crippen LogP contribution in [0.4, 0.5) is 0 Å². The van der Waals surface area contributed by atoms with Crippen molar-refractivity contribution >= 4 is 17.7 Å². The first kappa shape index (κ1) is 28.3. The van der Waals surface area contributed by atoms with Crippen LogP contribution in [-0.2, 0) is 19.1 Å². The fraction of sp³-hybridized carbons (Fsp3) is 0.857. The number of hydrogen-bond acceptors (Lipinski definition) is 6. The lowest BCUT2D eigenvalue weighted by Gasteiger charge is -2.35. The minimum absolute atomic E-state index is 0.00721. The van der Waals surface area contributed by atoms with E-state index in [0.29, 0.717) is 19.4 Å². The summed E-state index contributed by atoms with van der Waals surface area (Å²) in [5.74, 6) is -1.33. The van der Waals surface area contributed by atoms with E-state index in [1.165, 1.54) is 16.8 Å². The van der Waals surface area contributed by atoms with Gasteiger partial charge in [-0.05, 0) is 33.4 Å². The van der Waals surface area contributed by atoms with Crippen LogP contribution in [0.15, 0.2) is 0 Å². The van der Waals surface area contributed by atoms with E-state index < -0.39 is 29.5 Å². The number of nitrogens with zero attached hydrogens (tertiary/aromatic N) is 3. The Morgan fingerprint density at radius 2 is 1.60 bits per heavy atom. The summed E-state index contributed by atoms with van der Waals surface area (Å²) in [5.41, 5.74) is 4.30. The number of carbonyl (C=O) groups is 3. The van der Waals surface area contributed by atoms with Gasteiger partial charge in [-0.3, -0.25) is 14.4 Å². The van der Waals surface area contributed by atoms with Crippen molar-refractivity contribution in [2.24, 2.45) is 5.73 Å². The first-order chi connectivity index (χ1) is 13.9. The highest BCUT2D eigenvalue weighted by Crippen LogP contribution is 2.17. The van der Waals surface area contributed by atoms with E-state index in [1.807, 2.05) is 6.92 Å². The zero-order chi connectivity index (χ0) is 23.5. The van der Waals surface area contributed by atoms with Crippen LogP contribution >= 0.6 is 0 Å². The molecule has 176 valence electrons. The second-order valence-electron chi connectivity index (χ2n) is 8.26. The van der Waals surface area contributed by atoms with E-state index >= 15 is 0 Å². The number of ether oxygens (including phenoxy) is 1. The first-order valence-corrected chi connectivity index (χ1v) is 10.7. The summed E-state index contributed by atoms with van der Waals surface area (Å²) in [7, 11) is 3.03. The van der Waals surface area contributed by atoms with Gasteiger partial charge in [-0.2, -0.15) is 0 Å². The predicted molar refractivity (Wildman–Crippen MR) is 117 cm³/mol. The molecule has 0 aromatic heterocycles. The van der Waals surface area contributed by atoms with Crippen LogP contribution in [0.3, 0.4) is 0 Å². The fourth-order valence-electron chi connectivity index (χ4n) is 3.13. The molecule has 0 aromatic rings. The quantitative estimate of drug-likeness (QED) is 0.364. The Bertz CT molecular complexity index is 546. The summed E-state index contributed by atoms with van der Waals surface area (Å²) in [6.07, 6.45) is 0.963. The van der Waals surface area contributed by atoms with Crippen LogP contribution in [0.2, 0.25) is 0 Å². The fourth-order valence-corrected chi connectivity index (χ4v) is 3.13. The molecule has 0 saturated heterocycles. The molecule has 0 aliphatic carbocycles. The summed E-state index contributed by atoms with van der Waals surface area (Å²) >= 11 is 0. The molecule has 3 N–H and O–H groups in total. The van der Waals surface area contributed by atoms with Crippen molar-refractivity contribution in [3.05, 3.63) is 0 Å². The van der Waals surface area contributed by atoms with Crippen molar-refractivity contribution in [2.75, 3.05) is 46.9 Å². The molecular weight excluding hydrogens is 388 g/mol. The van der Waals surface area contributed by atoms with Crippen molar-refractivity contribution in [1.82, 2.24) is 14.7 Å². The van der Waals surface area contributed by atoms with Crippen molar-refractivity contribution in [2.45, 2.75) is 71.6 Å². The lowest BCUT2D eigenvalue weighted by molar-refractivity contribution is -0.150. The van der Waals surface area contributed by atoms with Crippen LogP contribution in [0.25, 0.3) is 0 Å². The van der Waals surface area contributed by atoms with Gasteiger partial charge in [0.15, 0.2) is 0 Å². The molecule has 9 heteroatoms. The van der Waals surface area contributed by atoms with E-state index in [0.717, 1.165) is 19.6 Å². The summed E-state index contributed by atoms with van der Waals surface area (Å²) < 4.78 is 5.74. The van der Waals surface area contributed by atoms with E-state index in [4.69, 9.17) is 10.5 Å². The highest BCUT2D eigenvalue weighted by atomic mass is 16.5. The standard InChI is InChI=1S/C21H42N4O5/c1-8-11-18(26)23(6)17(15-30-13-12-25(9-2)10-3)20(28)24(7)16(19(22)27)14-21(4,5)29/h16-17,29H,8-15H2,1-7H3,(H2,22,27)/t16-,17+/m0/s1. The van der Waals surface area contributed by atoms with E-state index in [1.54, 1.807) is 20.9 Å². The molecule has 0 radical (unpaired) electrons. The summed E-state index contributed by atoms with van der Waals surface area (Å²) in [6.45, 7) is 12.1. The number of aliphatic hydroxyl groups is 1. The molecule has 0 saturated carbocycles. The lowest BCUT2D eigenvalue weighted by atomic mass is 9.97. The van der Waals surface area contributed by atoms with Crippen LogP contribution in [-0.4, -0.2) is 102 Å². The number of hydrogen-bond donors (Lipinski definition) is 2. The SMILES string of the molecule is CCCC(=O)N(C)[C@H](COCCN(CC)CC)C(=O)N(C)[C@@H](CC(C)(C)O)C(N)=O. The maximum absolute atomic E-state index is 13.2. The molecule has 0 aliphatic heterocycles. The molecule has 0 heterocycles. The van der Waals surface area contributed by atoms with Gasteiger partial charge in [-0.15, -0.1) is 0 Å². The molecular formula is C21H42N4O5. The third kappa shape index (κ3) is 9.86. The number of carbonyl (C=O) groups excluding carboxylic acids is 3. The van der Waals surface area contributed by atoms with Gasteiger partial charge in [0.05, 0.1) is 18.8 Å². The highest BCUT2D eigenvalue weighted by molar-refractivity contribution is 5.91. The molecule has 3 amide bonds. The molecule has 2 atom stereocenters. The minimum Gasteiger partial charge on any atom is -0.390 e. The van der Waals surface area contributed by atoms with Crippen molar-refractivity contribution < 1.29 is 24.2 Å². The first-order valence-electron chi connectivity index (χ1n) is 10.7. The van der Waals surface area contributed by atoms with Crippen LogP contribution in [0.5, 0.6) is 0 Å². The Hall–Kier alpha value is -1.71. The molecule has 0 fully saturated rings. The van der Waals surface area contributed by atoms with Crippen LogP contribution in [0, 0.1) is 0 Å². The Kier molecular flexibility index (Phi) is 12.8. The van der Waals surface area contributed by atoms with E-state index in [9.17, 15) is 19.5 Å². The van der Waals surface area contributed by atoms with Gasteiger partial charge >= 0.3 is 0 Å². The van der Waals surface area contributed by atoms with E-state index in [-0.39, 0.29) is 18.9 Å². The Labute approximate surface area is 181 Å². The molecule has 0 unspecified atom stereocenters. The molecule has 0 aliphatic rings. The average Bonchev–Trinajstić information content (AvgIpc) is 2.67. The van der Waals surface area contributed by atoms with Gasteiger partial charge in [0.25, 0.3) is 0 Å². The van der Waals surface area contributed by atoms with Crippen molar-refractivity contribution in [1.29, 1.82) is 0 Å². The molecule has 0 bridgehead atoms. The molecule has 9 nitrogen and oxygen atoms in total. The summed E-state index contributed by atoms with van der Waals surface area (Å²) in [4.78, 5) is 42.4. The molecule has 0 spiro atoms. The summed E-state index contributed by atoms with van der Waals surface area (Å²) in [5, 5.41) is 10.1. The molecule has 0 aromatic carbocycles. The second kappa shape index (κ2) is 13.6. The van der Waals surface area contributed by atoms with Crippen LogP contribution < -0.4 is 5.73 Å². The minimum atomic E-state index is -1.19. The maximum atomic E-state index is 13.2. The largest absolute Gasteiger partial charge is 0.390 e. The van der Waals surface area contributed by atoms with Crippen molar-refractivity contribution in [3.8, 4) is 0 Å². The number of likely N-dealkylation sites (N-methyl/N-ethyl adjacent to an activating group) is 3. The van der Waals surface area contributed by atoms with Gasteiger partial charge in [0, 0.05) is 33.5 Å². The predicted octanol–water partition coefficient (Wildman–Crippen LogP) is 0.445. The van der Waals surface area contributed by atoms with Crippen LogP contribution in [0.1, 0.15) is 53.9 Å². The zero-order valence-corrected chi connectivity index (χ0v) is 19.8. The van der Waals surface area contributed by atoms with Crippen molar-refractivity contribution in [3.63, 3.8) is 0 Å². The Morgan fingerprint density at radius 1 is 1.03 bits per heavy atom. The monoisotopic (exact) mass is 430 g/mol. The summed E-state index contributed by atoms with van der Waals surface area (Å²) in [6, 6.07) is -1.88. The van der Waals surface area contributed by atoms with Gasteiger partial charge in [-0.1, -0.05) is 20.8 Å². The van der Waals surface area contributed by atoms with Gasteiger partial charge in [0.2, 0.25) is 17.7 Å².